The molecule has 0 aromatic heterocycles. The van der Waals surface area contributed by atoms with Gasteiger partial charge in [-0.1, -0.05) is 36.0 Å². The van der Waals surface area contributed by atoms with Crippen molar-refractivity contribution < 1.29 is 17.9 Å². The van der Waals surface area contributed by atoms with E-state index >= 15 is 0 Å². The van der Waals surface area contributed by atoms with E-state index in [0.717, 1.165) is 12.1 Å². The summed E-state index contributed by atoms with van der Waals surface area (Å²) in [6.07, 6.45) is 6.53. The quantitative estimate of drug-likeness (QED) is 0.641. The van der Waals surface area contributed by atoms with Gasteiger partial charge in [0, 0.05) is 30.9 Å². The number of hydrogen-bond donors (Lipinski definition) is 1. The molecule has 128 valence electrons. The van der Waals surface area contributed by atoms with Crippen molar-refractivity contribution in [2.75, 3.05) is 6.54 Å². The van der Waals surface area contributed by atoms with Gasteiger partial charge in [0.15, 0.2) is 5.17 Å². The van der Waals surface area contributed by atoms with E-state index in [1.807, 2.05) is 29.3 Å². The van der Waals surface area contributed by atoms with Gasteiger partial charge in [-0.3, -0.25) is 0 Å². The SMILES string of the molecule is NC(=NC=CN1C=CC=CC1)SCc1ccc(OC(F)(F)F)cc1. The van der Waals surface area contributed by atoms with Crippen LogP contribution in [0.15, 0.2) is 66.1 Å². The molecule has 0 amide bonds. The predicted octanol–water partition coefficient (Wildman–Crippen LogP) is 3.99. The maximum absolute atomic E-state index is 12.1. The van der Waals surface area contributed by atoms with Gasteiger partial charge in [-0.05, 0) is 23.8 Å². The maximum atomic E-state index is 12.1. The second-order valence-corrected chi connectivity index (χ2v) is 5.71. The van der Waals surface area contributed by atoms with Crippen LogP contribution in [0.4, 0.5) is 13.2 Å². The van der Waals surface area contributed by atoms with Crippen LogP contribution in [-0.4, -0.2) is 23.0 Å². The fourth-order valence-electron chi connectivity index (χ4n) is 1.77. The number of benzene rings is 1. The number of alkyl halides is 3. The van der Waals surface area contributed by atoms with Gasteiger partial charge in [0.25, 0.3) is 0 Å². The fourth-order valence-corrected chi connectivity index (χ4v) is 2.41. The van der Waals surface area contributed by atoms with Gasteiger partial charge in [0.1, 0.15) is 5.75 Å². The molecule has 0 spiro atoms. The Bertz CT molecular complexity index is 652. The lowest BCUT2D eigenvalue weighted by Gasteiger charge is -2.13. The van der Waals surface area contributed by atoms with Gasteiger partial charge in [0.05, 0.1) is 0 Å². The topological polar surface area (TPSA) is 50.8 Å². The van der Waals surface area contributed by atoms with Crippen LogP contribution in [0.25, 0.3) is 0 Å². The molecule has 0 fully saturated rings. The fraction of sp³-hybridized carbons (Fsp3) is 0.188. The molecule has 0 atom stereocenters. The standard InChI is InChI=1S/C16H16F3N3OS/c17-16(18,19)23-14-6-4-13(5-7-14)12-24-15(20)21-8-11-22-9-2-1-3-10-22/h1-9,11H,10,12H2,(H2,20,21). The van der Waals surface area contributed by atoms with E-state index in [2.05, 4.69) is 9.73 Å². The Morgan fingerprint density at radius 2 is 2.04 bits per heavy atom. The normalized spacial score (nSPS) is 15.3. The number of ether oxygens (including phenoxy) is 1. The molecule has 0 aliphatic carbocycles. The van der Waals surface area contributed by atoms with E-state index in [9.17, 15) is 13.2 Å². The first-order valence-electron chi connectivity index (χ1n) is 6.99. The molecule has 2 rings (SSSR count). The molecule has 1 aromatic rings. The Hall–Kier alpha value is -2.35. The molecule has 1 heterocycles. The van der Waals surface area contributed by atoms with Crippen molar-refractivity contribution in [2.24, 2.45) is 10.7 Å². The number of thioether (sulfide) groups is 1. The minimum absolute atomic E-state index is 0.246. The van der Waals surface area contributed by atoms with Crippen molar-refractivity contribution in [1.82, 2.24) is 4.90 Å². The molecule has 1 aromatic carbocycles. The lowest BCUT2D eigenvalue weighted by molar-refractivity contribution is -0.274. The van der Waals surface area contributed by atoms with Gasteiger partial charge >= 0.3 is 6.36 Å². The highest BCUT2D eigenvalue weighted by Crippen LogP contribution is 2.23. The first-order chi connectivity index (χ1) is 11.4. The largest absolute Gasteiger partial charge is 0.573 e. The second kappa shape index (κ2) is 8.49. The van der Waals surface area contributed by atoms with Crippen molar-refractivity contribution >= 4 is 16.9 Å². The average molecular weight is 355 g/mol. The summed E-state index contributed by atoms with van der Waals surface area (Å²) in [4.78, 5) is 6.05. The minimum atomic E-state index is -4.68. The summed E-state index contributed by atoms with van der Waals surface area (Å²) in [6.45, 7) is 0.780. The van der Waals surface area contributed by atoms with E-state index in [-0.39, 0.29) is 5.75 Å². The highest BCUT2D eigenvalue weighted by Gasteiger charge is 2.30. The minimum Gasteiger partial charge on any atom is -0.406 e. The van der Waals surface area contributed by atoms with Crippen molar-refractivity contribution in [2.45, 2.75) is 12.1 Å². The lowest BCUT2D eigenvalue weighted by atomic mass is 10.2. The van der Waals surface area contributed by atoms with Crippen LogP contribution in [0.5, 0.6) is 5.75 Å². The zero-order valence-corrected chi connectivity index (χ0v) is 13.4. The zero-order valence-electron chi connectivity index (χ0n) is 12.6. The molecule has 24 heavy (non-hydrogen) atoms. The Balaban J connectivity index is 1.79. The highest BCUT2D eigenvalue weighted by atomic mass is 32.2. The van der Waals surface area contributed by atoms with Crippen LogP contribution in [0.1, 0.15) is 5.56 Å². The number of nitrogens with zero attached hydrogens (tertiary/aromatic N) is 2. The van der Waals surface area contributed by atoms with E-state index in [0.29, 0.717) is 10.9 Å². The lowest BCUT2D eigenvalue weighted by Crippen LogP contribution is -2.17. The van der Waals surface area contributed by atoms with Crippen LogP contribution < -0.4 is 10.5 Å². The van der Waals surface area contributed by atoms with Crippen LogP contribution in [-0.2, 0) is 5.75 Å². The average Bonchev–Trinajstić information content (AvgIpc) is 2.54. The number of hydrogen-bond acceptors (Lipinski definition) is 4. The Labute approximate surface area is 142 Å². The molecule has 8 heteroatoms. The molecule has 0 saturated heterocycles. The summed E-state index contributed by atoms with van der Waals surface area (Å²) in [6, 6.07) is 5.66. The van der Waals surface area contributed by atoms with Gasteiger partial charge in [-0.2, -0.15) is 0 Å². The van der Waals surface area contributed by atoms with Gasteiger partial charge in [-0.25, -0.2) is 4.99 Å². The number of amidine groups is 1. The first-order valence-corrected chi connectivity index (χ1v) is 7.97. The van der Waals surface area contributed by atoms with E-state index in [1.54, 1.807) is 24.5 Å². The summed E-state index contributed by atoms with van der Waals surface area (Å²) >= 11 is 1.30. The molecule has 2 N–H and O–H groups in total. The number of halogens is 3. The van der Waals surface area contributed by atoms with E-state index < -0.39 is 6.36 Å². The van der Waals surface area contributed by atoms with Crippen molar-refractivity contribution in [3.63, 3.8) is 0 Å². The second-order valence-electron chi connectivity index (χ2n) is 4.71. The summed E-state index contributed by atoms with van der Waals surface area (Å²) in [5.74, 6) is 0.256. The summed E-state index contributed by atoms with van der Waals surface area (Å²) < 4.78 is 40.0. The van der Waals surface area contributed by atoms with Crippen LogP contribution >= 0.6 is 11.8 Å². The maximum Gasteiger partial charge on any atom is 0.573 e. The van der Waals surface area contributed by atoms with Crippen molar-refractivity contribution in [1.29, 1.82) is 0 Å². The third kappa shape index (κ3) is 6.82. The van der Waals surface area contributed by atoms with E-state index in [4.69, 9.17) is 5.73 Å². The Morgan fingerprint density at radius 1 is 1.29 bits per heavy atom. The van der Waals surface area contributed by atoms with Gasteiger partial charge in [0.2, 0.25) is 0 Å². The van der Waals surface area contributed by atoms with Crippen molar-refractivity contribution in [3.05, 3.63) is 66.7 Å². The molecule has 1 aliphatic rings. The molecule has 0 saturated carbocycles. The number of allylic oxidation sites excluding steroid dienone is 2. The smallest absolute Gasteiger partial charge is 0.406 e. The highest BCUT2D eigenvalue weighted by molar-refractivity contribution is 8.13. The number of aliphatic imine (C=N–C) groups is 1. The molecule has 1 aliphatic heterocycles. The zero-order chi connectivity index (χ0) is 17.4. The molecule has 0 unspecified atom stereocenters. The van der Waals surface area contributed by atoms with Crippen LogP contribution in [0.3, 0.4) is 0 Å². The molecule has 4 nitrogen and oxygen atoms in total. The third-order valence-corrected chi connectivity index (χ3v) is 3.72. The third-order valence-electron chi connectivity index (χ3n) is 2.84. The molecular weight excluding hydrogens is 339 g/mol. The van der Waals surface area contributed by atoms with Gasteiger partial charge in [-0.15, -0.1) is 13.2 Å². The summed E-state index contributed by atoms with van der Waals surface area (Å²) in [5.41, 5.74) is 6.61. The Kier molecular flexibility index (Phi) is 6.36. The molecular formula is C16H16F3N3OS. The first kappa shape index (κ1) is 18.0. The van der Waals surface area contributed by atoms with Crippen LogP contribution in [0.2, 0.25) is 0 Å². The number of nitrogens with two attached hydrogens (primary N) is 1. The molecule has 0 radical (unpaired) electrons. The van der Waals surface area contributed by atoms with Gasteiger partial charge < -0.3 is 15.4 Å². The summed E-state index contributed by atoms with van der Waals surface area (Å²) in [7, 11) is 0. The molecule has 0 bridgehead atoms. The Morgan fingerprint density at radius 3 is 2.67 bits per heavy atom. The monoisotopic (exact) mass is 355 g/mol. The summed E-state index contributed by atoms with van der Waals surface area (Å²) in [5, 5.41) is 0.374. The van der Waals surface area contributed by atoms with Crippen molar-refractivity contribution in [3.8, 4) is 5.75 Å². The van der Waals surface area contributed by atoms with E-state index in [1.165, 1.54) is 23.9 Å². The van der Waals surface area contributed by atoms with Crippen LogP contribution in [0, 0.1) is 0 Å². The number of rotatable bonds is 5. The predicted molar refractivity (Wildman–Crippen MR) is 90.2 cm³/mol.